The van der Waals surface area contributed by atoms with E-state index in [1.165, 1.54) is 12.8 Å². The number of likely N-dealkylation sites (tertiary alicyclic amines) is 1. The molecule has 1 amide bonds. The SMILES string of the molecule is CC1CCCCCN1C(=O)C1(N)C2CCCOC2C1(C)C. The molecule has 3 aliphatic rings. The van der Waals surface area contributed by atoms with Crippen LogP contribution in [0.2, 0.25) is 0 Å². The first-order valence-corrected chi connectivity index (χ1v) is 8.62. The van der Waals surface area contributed by atoms with Crippen molar-refractivity contribution in [3.8, 4) is 0 Å². The highest BCUT2D eigenvalue weighted by Crippen LogP contribution is 2.58. The molecule has 21 heavy (non-hydrogen) atoms. The number of amides is 1. The maximum absolute atomic E-state index is 13.3. The second kappa shape index (κ2) is 5.24. The van der Waals surface area contributed by atoms with Gasteiger partial charge in [-0.3, -0.25) is 4.79 Å². The molecular formula is C17H30N2O2. The second-order valence-corrected chi connectivity index (χ2v) is 7.83. The molecule has 0 radical (unpaired) electrons. The molecule has 3 rings (SSSR count). The van der Waals surface area contributed by atoms with Gasteiger partial charge in [0.05, 0.1) is 6.10 Å². The number of hydrogen-bond donors (Lipinski definition) is 1. The van der Waals surface area contributed by atoms with E-state index in [1.807, 2.05) is 0 Å². The molecule has 2 aliphatic heterocycles. The molecule has 2 heterocycles. The van der Waals surface area contributed by atoms with Gasteiger partial charge < -0.3 is 15.4 Å². The van der Waals surface area contributed by atoms with Crippen molar-refractivity contribution >= 4 is 5.91 Å². The number of rotatable bonds is 1. The summed E-state index contributed by atoms with van der Waals surface area (Å²) in [5.74, 6) is 0.373. The lowest BCUT2D eigenvalue weighted by Crippen LogP contribution is -2.82. The van der Waals surface area contributed by atoms with Gasteiger partial charge in [0.25, 0.3) is 0 Å². The highest BCUT2D eigenvalue weighted by Gasteiger charge is 2.71. The van der Waals surface area contributed by atoms with Gasteiger partial charge in [-0.25, -0.2) is 0 Å². The number of nitrogens with two attached hydrogens (primary N) is 1. The summed E-state index contributed by atoms with van der Waals surface area (Å²) in [7, 11) is 0. The van der Waals surface area contributed by atoms with Crippen LogP contribution in [0.1, 0.15) is 59.3 Å². The van der Waals surface area contributed by atoms with Gasteiger partial charge in [0.2, 0.25) is 5.91 Å². The quantitative estimate of drug-likeness (QED) is 0.807. The maximum atomic E-state index is 13.3. The van der Waals surface area contributed by atoms with E-state index in [4.69, 9.17) is 10.5 Å². The average molecular weight is 294 g/mol. The first-order chi connectivity index (χ1) is 9.90. The van der Waals surface area contributed by atoms with Crippen molar-refractivity contribution < 1.29 is 9.53 Å². The zero-order chi connectivity index (χ0) is 15.3. The Morgan fingerprint density at radius 3 is 2.71 bits per heavy atom. The van der Waals surface area contributed by atoms with E-state index >= 15 is 0 Å². The molecule has 0 aromatic rings. The van der Waals surface area contributed by atoms with Crippen LogP contribution in [0.3, 0.4) is 0 Å². The molecule has 0 spiro atoms. The molecule has 4 nitrogen and oxygen atoms in total. The minimum Gasteiger partial charge on any atom is -0.377 e. The van der Waals surface area contributed by atoms with Crippen LogP contribution in [0.5, 0.6) is 0 Å². The first-order valence-electron chi connectivity index (χ1n) is 8.62. The topological polar surface area (TPSA) is 55.6 Å². The highest BCUT2D eigenvalue weighted by atomic mass is 16.5. The van der Waals surface area contributed by atoms with Gasteiger partial charge in [-0.1, -0.05) is 26.7 Å². The number of carbonyl (C=O) groups is 1. The van der Waals surface area contributed by atoms with E-state index in [9.17, 15) is 4.79 Å². The van der Waals surface area contributed by atoms with E-state index in [0.717, 1.165) is 38.8 Å². The Morgan fingerprint density at radius 2 is 1.95 bits per heavy atom. The number of hydrogen-bond acceptors (Lipinski definition) is 3. The summed E-state index contributed by atoms with van der Waals surface area (Å²) in [5.41, 5.74) is 5.75. The second-order valence-electron chi connectivity index (χ2n) is 7.83. The fourth-order valence-corrected chi connectivity index (χ4v) is 4.82. The van der Waals surface area contributed by atoms with Crippen LogP contribution >= 0.6 is 0 Å². The Morgan fingerprint density at radius 1 is 1.19 bits per heavy atom. The average Bonchev–Trinajstić information content (AvgIpc) is 2.70. The van der Waals surface area contributed by atoms with Crippen LogP contribution in [-0.4, -0.2) is 41.6 Å². The summed E-state index contributed by atoms with van der Waals surface area (Å²) < 4.78 is 5.93. The van der Waals surface area contributed by atoms with Crippen molar-refractivity contribution in [2.24, 2.45) is 17.1 Å². The molecule has 0 bridgehead atoms. The molecule has 4 heteroatoms. The molecule has 4 atom stereocenters. The normalized spacial score (nSPS) is 42.7. The fraction of sp³-hybridized carbons (Fsp3) is 0.941. The van der Waals surface area contributed by atoms with Crippen molar-refractivity contribution in [3.63, 3.8) is 0 Å². The van der Waals surface area contributed by atoms with Crippen LogP contribution < -0.4 is 5.73 Å². The zero-order valence-electron chi connectivity index (χ0n) is 13.7. The maximum Gasteiger partial charge on any atom is 0.243 e. The Bertz CT molecular complexity index is 423. The van der Waals surface area contributed by atoms with Crippen molar-refractivity contribution in [1.29, 1.82) is 0 Å². The lowest BCUT2D eigenvalue weighted by molar-refractivity contribution is -0.230. The highest BCUT2D eigenvalue weighted by molar-refractivity contribution is 5.90. The standard InChI is InChI=1S/C17H30N2O2/c1-12-8-5-4-6-10-19(12)15(20)17(18)13-9-7-11-21-14(13)16(17,2)3/h12-14H,4-11,18H2,1-3H3. The fourth-order valence-electron chi connectivity index (χ4n) is 4.82. The third-order valence-electron chi connectivity index (χ3n) is 6.35. The Hall–Kier alpha value is -0.610. The van der Waals surface area contributed by atoms with Gasteiger partial charge in [-0.15, -0.1) is 0 Å². The van der Waals surface area contributed by atoms with Gasteiger partial charge in [0, 0.05) is 30.5 Å². The summed E-state index contributed by atoms with van der Waals surface area (Å²) in [4.78, 5) is 15.4. The Kier molecular flexibility index (Phi) is 3.81. The lowest BCUT2D eigenvalue weighted by atomic mass is 9.46. The van der Waals surface area contributed by atoms with Crippen molar-refractivity contribution in [2.45, 2.75) is 77.0 Å². The van der Waals surface area contributed by atoms with Crippen molar-refractivity contribution in [2.75, 3.05) is 13.2 Å². The summed E-state index contributed by atoms with van der Waals surface area (Å²) in [6, 6.07) is 0.319. The smallest absolute Gasteiger partial charge is 0.243 e. The predicted molar refractivity (Wildman–Crippen MR) is 82.8 cm³/mol. The minimum atomic E-state index is -0.739. The molecule has 2 N–H and O–H groups in total. The molecule has 0 aromatic carbocycles. The van der Waals surface area contributed by atoms with Gasteiger partial charge in [0.1, 0.15) is 5.54 Å². The predicted octanol–water partition coefficient (Wildman–Crippen LogP) is 2.31. The lowest BCUT2D eigenvalue weighted by Gasteiger charge is -2.66. The van der Waals surface area contributed by atoms with Gasteiger partial charge in [0.15, 0.2) is 0 Å². The third kappa shape index (κ3) is 2.06. The monoisotopic (exact) mass is 294 g/mol. The third-order valence-corrected chi connectivity index (χ3v) is 6.35. The summed E-state index contributed by atoms with van der Waals surface area (Å²) >= 11 is 0. The van der Waals surface area contributed by atoms with Crippen LogP contribution in [0.15, 0.2) is 0 Å². The number of fused-ring (bicyclic) bond motifs is 1. The number of carbonyl (C=O) groups excluding carboxylic acids is 1. The minimum absolute atomic E-state index is 0.155. The van der Waals surface area contributed by atoms with Crippen LogP contribution in [0.4, 0.5) is 0 Å². The summed E-state index contributed by atoms with van der Waals surface area (Å²) in [6.45, 7) is 8.08. The molecular weight excluding hydrogens is 264 g/mol. The van der Waals surface area contributed by atoms with Crippen LogP contribution in [-0.2, 0) is 9.53 Å². The summed E-state index contributed by atoms with van der Waals surface area (Å²) in [6.07, 6.45) is 6.87. The number of ether oxygens (including phenoxy) is 1. The van der Waals surface area contributed by atoms with E-state index in [-0.39, 0.29) is 23.3 Å². The number of nitrogens with zero attached hydrogens (tertiary/aromatic N) is 1. The largest absolute Gasteiger partial charge is 0.377 e. The van der Waals surface area contributed by atoms with E-state index in [2.05, 4.69) is 25.7 Å². The molecule has 1 aliphatic carbocycles. The molecule has 2 saturated heterocycles. The van der Waals surface area contributed by atoms with E-state index in [0.29, 0.717) is 6.04 Å². The molecule has 120 valence electrons. The molecule has 3 fully saturated rings. The first kappa shape index (κ1) is 15.3. The zero-order valence-corrected chi connectivity index (χ0v) is 13.7. The Balaban J connectivity index is 1.85. The molecule has 0 aromatic heterocycles. The van der Waals surface area contributed by atoms with Crippen LogP contribution in [0, 0.1) is 11.3 Å². The van der Waals surface area contributed by atoms with Crippen molar-refractivity contribution in [3.05, 3.63) is 0 Å². The van der Waals surface area contributed by atoms with Crippen molar-refractivity contribution in [1.82, 2.24) is 4.90 Å². The molecule has 4 unspecified atom stereocenters. The van der Waals surface area contributed by atoms with Gasteiger partial charge in [-0.05, 0) is 32.6 Å². The van der Waals surface area contributed by atoms with Gasteiger partial charge >= 0.3 is 0 Å². The summed E-state index contributed by atoms with van der Waals surface area (Å²) in [5, 5.41) is 0. The van der Waals surface area contributed by atoms with Crippen LogP contribution in [0.25, 0.3) is 0 Å². The van der Waals surface area contributed by atoms with E-state index < -0.39 is 5.54 Å². The molecule has 1 saturated carbocycles. The van der Waals surface area contributed by atoms with E-state index in [1.54, 1.807) is 0 Å². The Labute approximate surface area is 128 Å². The van der Waals surface area contributed by atoms with Gasteiger partial charge in [-0.2, -0.15) is 0 Å².